The van der Waals surface area contributed by atoms with Gasteiger partial charge in [-0.25, -0.2) is 0 Å². The van der Waals surface area contributed by atoms with Crippen molar-refractivity contribution in [1.82, 2.24) is 5.32 Å². The Balaban J connectivity index is 1.67. The van der Waals surface area contributed by atoms with Crippen LogP contribution in [0.2, 0.25) is 0 Å². The number of carbonyl (C=O) groups excluding carboxylic acids is 1. The quantitative estimate of drug-likeness (QED) is 0.636. The van der Waals surface area contributed by atoms with Gasteiger partial charge in [0.15, 0.2) is 0 Å². The van der Waals surface area contributed by atoms with E-state index in [1.807, 2.05) is 0 Å². The maximum Gasteiger partial charge on any atom is 0.220 e. The molecule has 1 aliphatic heterocycles. The van der Waals surface area contributed by atoms with Crippen LogP contribution < -0.4 is 5.32 Å². The number of hydrogen-bond acceptors (Lipinski definition) is 2. The molecule has 0 bridgehead atoms. The summed E-state index contributed by atoms with van der Waals surface area (Å²) in [6.45, 7) is 0.860. The molecule has 1 heterocycles. The fraction of sp³-hybridized carbons (Fsp3) is 0.933. The number of nitrogens with one attached hydrogen (secondary N) is 1. The smallest absolute Gasteiger partial charge is 0.220 e. The summed E-state index contributed by atoms with van der Waals surface area (Å²) in [6, 6.07) is 0.170. The van der Waals surface area contributed by atoms with E-state index in [2.05, 4.69) is 5.32 Å². The van der Waals surface area contributed by atoms with Crippen molar-refractivity contribution < 1.29 is 9.53 Å². The molecular weight excluding hydrogens is 262 g/mol. The molecule has 3 nitrogen and oxygen atoms in total. The third kappa shape index (κ3) is 5.31. The Bertz CT molecular complexity index is 279. The summed E-state index contributed by atoms with van der Waals surface area (Å²) < 4.78 is 5.65. The normalized spacial score (nSPS) is 32.6. The van der Waals surface area contributed by atoms with Crippen LogP contribution in [0.25, 0.3) is 0 Å². The lowest BCUT2D eigenvalue weighted by Gasteiger charge is -2.24. The topological polar surface area (TPSA) is 38.3 Å². The van der Waals surface area contributed by atoms with Crippen molar-refractivity contribution in [2.45, 2.75) is 81.7 Å². The molecule has 1 saturated carbocycles. The Kier molecular flexibility index (Phi) is 6.45. The lowest BCUT2D eigenvalue weighted by molar-refractivity contribution is -0.122. The zero-order valence-electron chi connectivity index (χ0n) is 11.7. The second-order valence-corrected chi connectivity index (χ2v) is 6.42. The molecule has 1 saturated heterocycles. The Morgan fingerprint density at radius 2 is 1.89 bits per heavy atom. The summed E-state index contributed by atoms with van der Waals surface area (Å²) in [4.78, 5) is 12.0. The summed E-state index contributed by atoms with van der Waals surface area (Å²) in [6.07, 6.45) is 10.9. The molecule has 2 fully saturated rings. The van der Waals surface area contributed by atoms with Gasteiger partial charge in [0.1, 0.15) is 0 Å². The van der Waals surface area contributed by atoms with Crippen molar-refractivity contribution in [2.24, 2.45) is 0 Å². The van der Waals surface area contributed by atoms with Gasteiger partial charge >= 0.3 is 0 Å². The molecule has 1 amide bonds. The van der Waals surface area contributed by atoms with Gasteiger partial charge < -0.3 is 10.1 Å². The van der Waals surface area contributed by atoms with Gasteiger partial charge in [-0.15, -0.1) is 11.6 Å². The predicted octanol–water partition coefficient (Wildman–Crippen LogP) is 3.39. The Hall–Kier alpha value is -0.280. The molecule has 2 aliphatic rings. The van der Waals surface area contributed by atoms with E-state index in [-0.39, 0.29) is 17.3 Å². The molecule has 0 aromatic heterocycles. The van der Waals surface area contributed by atoms with E-state index in [1.165, 1.54) is 32.1 Å². The predicted molar refractivity (Wildman–Crippen MR) is 77.5 cm³/mol. The van der Waals surface area contributed by atoms with E-state index < -0.39 is 0 Å². The summed E-state index contributed by atoms with van der Waals surface area (Å²) in [7, 11) is 0. The first-order valence-corrected chi connectivity index (χ1v) is 8.24. The largest absolute Gasteiger partial charge is 0.378 e. The number of carbonyl (C=O) groups is 1. The van der Waals surface area contributed by atoms with Crippen LogP contribution in [-0.2, 0) is 9.53 Å². The molecule has 4 heteroatoms. The molecule has 0 aromatic carbocycles. The zero-order valence-corrected chi connectivity index (χ0v) is 12.5. The monoisotopic (exact) mass is 287 g/mol. The van der Waals surface area contributed by atoms with E-state index >= 15 is 0 Å². The Morgan fingerprint density at radius 1 is 1.11 bits per heavy atom. The van der Waals surface area contributed by atoms with Crippen molar-refractivity contribution in [1.29, 1.82) is 0 Å². The van der Waals surface area contributed by atoms with E-state index in [0.29, 0.717) is 12.5 Å². The highest BCUT2D eigenvalue weighted by molar-refractivity contribution is 6.21. The minimum atomic E-state index is 0.109. The second-order valence-electron chi connectivity index (χ2n) is 5.86. The molecule has 3 atom stereocenters. The number of rotatable bonds is 4. The van der Waals surface area contributed by atoms with Crippen LogP contribution in [-0.4, -0.2) is 30.0 Å². The standard InChI is InChI=1S/C15H26ClNO2/c16-13-7-2-1-3-8-14(13)17-15(18)10-9-12-6-4-5-11-19-12/h12-14H,1-11H2,(H,17,18). The van der Waals surface area contributed by atoms with Gasteiger partial charge in [0.05, 0.1) is 11.5 Å². The summed E-state index contributed by atoms with van der Waals surface area (Å²) in [5.74, 6) is 0.145. The van der Waals surface area contributed by atoms with Gasteiger partial charge in [0.25, 0.3) is 0 Å². The molecule has 1 N–H and O–H groups in total. The highest BCUT2D eigenvalue weighted by atomic mass is 35.5. The summed E-state index contributed by atoms with van der Waals surface area (Å²) >= 11 is 6.34. The first-order chi connectivity index (χ1) is 9.25. The van der Waals surface area contributed by atoms with Crippen LogP contribution in [0.5, 0.6) is 0 Å². The Labute approximate surface area is 121 Å². The Morgan fingerprint density at radius 3 is 2.68 bits per heavy atom. The van der Waals surface area contributed by atoms with E-state index in [1.54, 1.807) is 0 Å². The van der Waals surface area contributed by atoms with Crippen molar-refractivity contribution in [3.05, 3.63) is 0 Å². The van der Waals surface area contributed by atoms with Crippen LogP contribution in [0.15, 0.2) is 0 Å². The number of amides is 1. The van der Waals surface area contributed by atoms with Gasteiger partial charge in [0.2, 0.25) is 5.91 Å². The van der Waals surface area contributed by atoms with Crippen LogP contribution in [0, 0.1) is 0 Å². The second kappa shape index (κ2) is 8.11. The van der Waals surface area contributed by atoms with E-state index in [0.717, 1.165) is 32.3 Å². The van der Waals surface area contributed by atoms with Crippen molar-refractivity contribution in [3.8, 4) is 0 Å². The maximum absolute atomic E-state index is 12.0. The minimum absolute atomic E-state index is 0.109. The average Bonchev–Trinajstić information content (AvgIpc) is 2.63. The first kappa shape index (κ1) is 15.1. The molecule has 19 heavy (non-hydrogen) atoms. The third-order valence-corrected chi connectivity index (χ3v) is 4.77. The molecule has 0 radical (unpaired) electrons. The summed E-state index contributed by atoms with van der Waals surface area (Å²) in [5.41, 5.74) is 0. The SMILES string of the molecule is O=C(CCC1CCCCO1)NC1CCCCCC1Cl. The van der Waals surface area contributed by atoms with E-state index in [4.69, 9.17) is 16.3 Å². The van der Waals surface area contributed by atoms with Crippen molar-refractivity contribution in [2.75, 3.05) is 6.61 Å². The average molecular weight is 288 g/mol. The highest BCUT2D eigenvalue weighted by Gasteiger charge is 2.23. The molecule has 2 rings (SSSR count). The van der Waals surface area contributed by atoms with Gasteiger partial charge in [0, 0.05) is 19.1 Å². The number of hydrogen-bond donors (Lipinski definition) is 1. The van der Waals surface area contributed by atoms with E-state index in [9.17, 15) is 4.79 Å². The molecular formula is C15H26ClNO2. The van der Waals surface area contributed by atoms with Crippen LogP contribution in [0.4, 0.5) is 0 Å². The van der Waals surface area contributed by atoms with Gasteiger partial charge in [-0.1, -0.05) is 19.3 Å². The first-order valence-electron chi connectivity index (χ1n) is 7.81. The van der Waals surface area contributed by atoms with Gasteiger partial charge in [-0.3, -0.25) is 4.79 Å². The van der Waals surface area contributed by atoms with Crippen LogP contribution in [0.3, 0.4) is 0 Å². The van der Waals surface area contributed by atoms with Crippen LogP contribution >= 0.6 is 11.6 Å². The summed E-state index contributed by atoms with van der Waals surface area (Å²) in [5, 5.41) is 3.23. The lowest BCUT2D eigenvalue weighted by Crippen LogP contribution is -2.40. The van der Waals surface area contributed by atoms with Crippen molar-refractivity contribution >= 4 is 17.5 Å². The molecule has 1 aliphatic carbocycles. The minimum Gasteiger partial charge on any atom is -0.378 e. The lowest BCUT2D eigenvalue weighted by atomic mass is 10.0. The number of ether oxygens (including phenoxy) is 1. The molecule has 3 unspecified atom stereocenters. The fourth-order valence-electron chi connectivity index (χ4n) is 3.03. The molecule has 0 spiro atoms. The number of halogens is 1. The van der Waals surface area contributed by atoms with Gasteiger partial charge in [-0.2, -0.15) is 0 Å². The molecule has 0 aromatic rings. The highest BCUT2D eigenvalue weighted by Crippen LogP contribution is 2.23. The van der Waals surface area contributed by atoms with Gasteiger partial charge in [-0.05, 0) is 38.5 Å². The zero-order chi connectivity index (χ0) is 13.5. The maximum atomic E-state index is 12.0. The van der Waals surface area contributed by atoms with Crippen LogP contribution in [0.1, 0.15) is 64.2 Å². The fourth-order valence-corrected chi connectivity index (χ4v) is 3.37. The molecule has 110 valence electrons. The number of alkyl halides is 1. The third-order valence-electron chi connectivity index (χ3n) is 4.25. The van der Waals surface area contributed by atoms with Crippen molar-refractivity contribution in [3.63, 3.8) is 0 Å².